The van der Waals surface area contributed by atoms with Crippen LogP contribution >= 0.6 is 23.2 Å². The van der Waals surface area contributed by atoms with Crippen molar-refractivity contribution in [2.24, 2.45) is 4.99 Å². The van der Waals surface area contributed by atoms with Crippen molar-refractivity contribution in [1.29, 1.82) is 0 Å². The fourth-order valence-corrected chi connectivity index (χ4v) is 1.71. The van der Waals surface area contributed by atoms with Crippen LogP contribution in [-0.4, -0.2) is 19.6 Å². The summed E-state index contributed by atoms with van der Waals surface area (Å²) in [5.41, 5.74) is 0.970. The summed E-state index contributed by atoms with van der Waals surface area (Å²) in [5.74, 6) is 0.705. The molecule has 0 radical (unpaired) electrons. The molecule has 0 unspecified atom stereocenters. The Kier molecular flexibility index (Phi) is 5.87. The number of hydrogen-bond acceptors (Lipinski definition) is 1. The van der Waals surface area contributed by atoms with Gasteiger partial charge in [-0.05, 0) is 17.7 Å². The van der Waals surface area contributed by atoms with Gasteiger partial charge in [-0.3, -0.25) is 4.99 Å². The van der Waals surface area contributed by atoms with E-state index < -0.39 is 0 Å². The van der Waals surface area contributed by atoms with Crippen molar-refractivity contribution in [2.45, 2.75) is 6.54 Å². The molecule has 0 atom stereocenters. The molecule has 0 bridgehead atoms. The standard InChI is InChI=1S/C12H15Cl2N3/c1-3-6-16-12(15-2)17-8-9-4-5-10(13)7-11(9)14/h3-5,7H,1,6,8H2,2H3,(H2,15,16,17). The van der Waals surface area contributed by atoms with Gasteiger partial charge in [0.15, 0.2) is 5.96 Å². The Bertz CT molecular complexity index is 416. The third-order valence-electron chi connectivity index (χ3n) is 2.10. The molecule has 1 rings (SSSR count). The van der Waals surface area contributed by atoms with Gasteiger partial charge in [0.25, 0.3) is 0 Å². The Morgan fingerprint density at radius 3 is 2.76 bits per heavy atom. The molecule has 0 aromatic heterocycles. The highest BCUT2D eigenvalue weighted by Gasteiger charge is 2.02. The zero-order chi connectivity index (χ0) is 12.7. The Balaban J connectivity index is 2.57. The molecule has 0 amide bonds. The molecule has 0 saturated carbocycles. The SMILES string of the molecule is C=CCNC(=NC)NCc1ccc(Cl)cc1Cl. The lowest BCUT2D eigenvalue weighted by molar-refractivity contribution is 0.847. The first kappa shape index (κ1) is 13.9. The molecule has 2 N–H and O–H groups in total. The van der Waals surface area contributed by atoms with Gasteiger partial charge in [0.05, 0.1) is 0 Å². The van der Waals surface area contributed by atoms with Crippen LogP contribution in [0.5, 0.6) is 0 Å². The number of hydrogen-bond donors (Lipinski definition) is 2. The molecular formula is C12H15Cl2N3. The zero-order valence-corrected chi connectivity index (χ0v) is 11.1. The van der Waals surface area contributed by atoms with Crippen LogP contribution in [0.15, 0.2) is 35.8 Å². The van der Waals surface area contributed by atoms with E-state index in [0.29, 0.717) is 29.1 Å². The summed E-state index contributed by atoms with van der Waals surface area (Å²) in [5, 5.41) is 7.49. The lowest BCUT2D eigenvalue weighted by Gasteiger charge is -2.11. The topological polar surface area (TPSA) is 36.4 Å². The first-order valence-corrected chi connectivity index (χ1v) is 5.92. The number of halogens is 2. The molecular weight excluding hydrogens is 257 g/mol. The highest BCUT2D eigenvalue weighted by Crippen LogP contribution is 2.20. The minimum atomic E-state index is 0.590. The molecule has 0 heterocycles. The normalized spacial score (nSPS) is 11.1. The van der Waals surface area contributed by atoms with Gasteiger partial charge >= 0.3 is 0 Å². The van der Waals surface area contributed by atoms with E-state index in [1.165, 1.54) is 0 Å². The molecule has 92 valence electrons. The third-order valence-corrected chi connectivity index (χ3v) is 2.69. The molecule has 1 aromatic carbocycles. The van der Waals surface area contributed by atoms with Gasteiger partial charge in [-0.1, -0.05) is 35.3 Å². The van der Waals surface area contributed by atoms with Crippen LogP contribution < -0.4 is 10.6 Å². The van der Waals surface area contributed by atoms with Crippen LogP contribution in [-0.2, 0) is 6.54 Å². The molecule has 0 aliphatic rings. The first-order chi connectivity index (χ1) is 8.17. The fourth-order valence-electron chi connectivity index (χ4n) is 1.23. The van der Waals surface area contributed by atoms with Crippen molar-refractivity contribution in [3.05, 3.63) is 46.5 Å². The summed E-state index contributed by atoms with van der Waals surface area (Å²) in [6.07, 6.45) is 1.77. The second-order valence-electron chi connectivity index (χ2n) is 3.33. The van der Waals surface area contributed by atoms with E-state index in [9.17, 15) is 0 Å². The lowest BCUT2D eigenvalue weighted by atomic mass is 10.2. The number of aliphatic imine (C=N–C) groups is 1. The van der Waals surface area contributed by atoms with E-state index >= 15 is 0 Å². The minimum Gasteiger partial charge on any atom is -0.353 e. The average molecular weight is 272 g/mol. The van der Waals surface area contributed by atoms with Crippen LogP contribution in [0.3, 0.4) is 0 Å². The predicted octanol–water partition coefficient (Wildman–Crippen LogP) is 2.84. The quantitative estimate of drug-likeness (QED) is 0.502. The highest BCUT2D eigenvalue weighted by atomic mass is 35.5. The number of benzene rings is 1. The molecule has 0 aliphatic heterocycles. The van der Waals surface area contributed by atoms with Crippen molar-refractivity contribution in [2.75, 3.05) is 13.6 Å². The van der Waals surface area contributed by atoms with Crippen molar-refractivity contribution < 1.29 is 0 Å². The maximum Gasteiger partial charge on any atom is 0.191 e. The summed E-state index contributed by atoms with van der Waals surface area (Å²) >= 11 is 11.9. The monoisotopic (exact) mass is 271 g/mol. The molecule has 17 heavy (non-hydrogen) atoms. The van der Waals surface area contributed by atoms with E-state index in [1.807, 2.05) is 12.1 Å². The van der Waals surface area contributed by atoms with E-state index in [2.05, 4.69) is 22.2 Å². The Morgan fingerprint density at radius 1 is 1.41 bits per heavy atom. The highest BCUT2D eigenvalue weighted by molar-refractivity contribution is 6.35. The Morgan fingerprint density at radius 2 is 2.18 bits per heavy atom. The van der Waals surface area contributed by atoms with Crippen LogP contribution in [0.4, 0.5) is 0 Å². The van der Waals surface area contributed by atoms with Crippen LogP contribution in [0.25, 0.3) is 0 Å². The molecule has 0 aliphatic carbocycles. The third kappa shape index (κ3) is 4.67. The second kappa shape index (κ2) is 7.20. The summed E-state index contributed by atoms with van der Waals surface area (Å²) in [6, 6.07) is 5.42. The number of nitrogens with one attached hydrogen (secondary N) is 2. The van der Waals surface area contributed by atoms with Crippen LogP contribution in [0.1, 0.15) is 5.56 Å². The molecule has 0 saturated heterocycles. The van der Waals surface area contributed by atoms with Gasteiger partial charge in [-0.15, -0.1) is 6.58 Å². The largest absolute Gasteiger partial charge is 0.353 e. The smallest absolute Gasteiger partial charge is 0.191 e. The molecule has 1 aromatic rings. The van der Waals surface area contributed by atoms with Gasteiger partial charge < -0.3 is 10.6 Å². The number of guanidine groups is 1. The molecule has 3 nitrogen and oxygen atoms in total. The second-order valence-corrected chi connectivity index (χ2v) is 4.17. The van der Waals surface area contributed by atoms with Gasteiger partial charge in [0.1, 0.15) is 0 Å². The van der Waals surface area contributed by atoms with Gasteiger partial charge in [-0.2, -0.15) is 0 Å². The van der Waals surface area contributed by atoms with E-state index in [-0.39, 0.29) is 0 Å². The van der Waals surface area contributed by atoms with Crippen LogP contribution in [0.2, 0.25) is 10.0 Å². The van der Waals surface area contributed by atoms with Crippen molar-refractivity contribution in [1.82, 2.24) is 10.6 Å². The minimum absolute atomic E-state index is 0.590. The van der Waals surface area contributed by atoms with Crippen LogP contribution in [0, 0.1) is 0 Å². The van der Waals surface area contributed by atoms with Crippen molar-refractivity contribution in [3.8, 4) is 0 Å². The summed E-state index contributed by atoms with van der Waals surface area (Å²) < 4.78 is 0. The maximum absolute atomic E-state index is 6.06. The Labute approximate surface area is 112 Å². The Hall–Kier alpha value is -1.19. The van der Waals surface area contributed by atoms with Gasteiger partial charge in [-0.25, -0.2) is 0 Å². The van der Waals surface area contributed by atoms with Gasteiger partial charge in [0.2, 0.25) is 0 Å². The van der Waals surface area contributed by atoms with Gasteiger partial charge in [0, 0.05) is 30.2 Å². The van der Waals surface area contributed by atoms with Crippen molar-refractivity contribution in [3.63, 3.8) is 0 Å². The molecule has 5 heteroatoms. The summed E-state index contributed by atoms with van der Waals surface area (Å²) in [7, 11) is 1.71. The molecule has 0 fully saturated rings. The molecule has 0 spiro atoms. The fraction of sp³-hybridized carbons (Fsp3) is 0.250. The van der Waals surface area contributed by atoms with E-state index in [4.69, 9.17) is 23.2 Å². The maximum atomic E-state index is 6.06. The predicted molar refractivity (Wildman–Crippen MR) is 74.9 cm³/mol. The first-order valence-electron chi connectivity index (χ1n) is 5.16. The lowest BCUT2D eigenvalue weighted by Crippen LogP contribution is -2.36. The number of nitrogens with zero attached hydrogens (tertiary/aromatic N) is 1. The summed E-state index contributed by atoms with van der Waals surface area (Å²) in [4.78, 5) is 4.07. The zero-order valence-electron chi connectivity index (χ0n) is 9.63. The van der Waals surface area contributed by atoms with E-state index in [1.54, 1.807) is 19.2 Å². The van der Waals surface area contributed by atoms with Crippen molar-refractivity contribution >= 4 is 29.2 Å². The number of rotatable bonds is 4. The average Bonchev–Trinajstić information content (AvgIpc) is 2.31. The summed E-state index contributed by atoms with van der Waals surface area (Å²) in [6.45, 7) is 4.88. The van der Waals surface area contributed by atoms with E-state index in [0.717, 1.165) is 5.56 Å².